The summed E-state index contributed by atoms with van der Waals surface area (Å²) in [6.45, 7) is 2.72. The predicted molar refractivity (Wildman–Crippen MR) is 55.2 cm³/mol. The van der Waals surface area contributed by atoms with E-state index in [-0.39, 0.29) is 11.4 Å². The Labute approximate surface area is 82.5 Å². The smallest absolute Gasteiger partial charge is 0.128 e. The fourth-order valence-corrected chi connectivity index (χ4v) is 1.98. The molecule has 2 nitrogen and oxygen atoms in total. The Kier molecular flexibility index (Phi) is 1.39. The number of aryl methyl sites for hydroxylation is 1. The summed E-state index contributed by atoms with van der Waals surface area (Å²) in [5.41, 5.74) is 2.92. The van der Waals surface area contributed by atoms with Crippen LogP contribution < -0.4 is 10.6 Å². The first-order valence-corrected chi connectivity index (χ1v) is 5.01. The molecule has 1 spiro atoms. The number of halogens is 1. The van der Waals surface area contributed by atoms with Gasteiger partial charge in [-0.3, -0.25) is 0 Å². The first kappa shape index (κ1) is 8.09. The van der Waals surface area contributed by atoms with Gasteiger partial charge in [-0.15, -0.1) is 0 Å². The van der Waals surface area contributed by atoms with E-state index in [4.69, 9.17) is 0 Å². The molecule has 3 rings (SSSR count). The molecule has 1 aliphatic heterocycles. The number of fused-ring (bicyclic) bond motifs is 1. The molecule has 3 heteroatoms. The molecule has 0 radical (unpaired) electrons. The van der Waals surface area contributed by atoms with Gasteiger partial charge in [-0.2, -0.15) is 0 Å². The molecule has 1 aromatic carbocycles. The van der Waals surface area contributed by atoms with Gasteiger partial charge in [0.2, 0.25) is 0 Å². The summed E-state index contributed by atoms with van der Waals surface area (Å²) in [4.78, 5) is 0. The zero-order valence-electron chi connectivity index (χ0n) is 8.15. The standard InChI is InChI=1S/C11H13FN2/c1-7-4-10-9(5-8(7)12)13-6-11(14-10)2-3-11/h4-5,13-14H,2-3,6H2,1H3. The lowest BCUT2D eigenvalue weighted by molar-refractivity contribution is 0.617. The van der Waals surface area contributed by atoms with Crippen LogP contribution in [0.15, 0.2) is 12.1 Å². The Balaban J connectivity index is 2.04. The maximum Gasteiger partial charge on any atom is 0.128 e. The highest BCUT2D eigenvalue weighted by Crippen LogP contribution is 2.44. The second-order valence-corrected chi connectivity index (χ2v) is 4.41. The van der Waals surface area contributed by atoms with Crippen molar-refractivity contribution in [1.82, 2.24) is 0 Å². The minimum Gasteiger partial charge on any atom is -0.381 e. The van der Waals surface area contributed by atoms with Crippen molar-refractivity contribution >= 4 is 11.4 Å². The van der Waals surface area contributed by atoms with Crippen molar-refractivity contribution in [3.63, 3.8) is 0 Å². The molecular weight excluding hydrogens is 179 g/mol. The molecule has 1 aromatic rings. The summed E-state index contributed by atoms with van der Waals surface area (Å²) in [7, 11) is 0. The van der Waals surface area contributed by atoms with Crippen LogP contribution in [0.5, 0.6) is 0 Å². The largest absolute Gasteiger partial charge is 0.381 e. The van der Waals surface area contributed by atoms with Crippen LogP contribution in [0.2, 0.25) is 0 Å². The van der Waals surface area contributed by atoms with Crippen molar-refractivity contribution in [1.29, 1.82) is 0 Å². The van der Waals surface area contributed by atoms with Crippen LogP contribution in [0, 0.1) is 12.7 Å². The molecule has 0 saturated heterocycles. The lowest BCUT2D eigenvalue weighted by Crippen LogP contribution is -2.35. The van der Waals surface area contributed by atoms with Crippen molar-refractivity contribution in [2.45, 2.75) is 25.3 Å². The van der Waals surface area contributed by atoms with Crippen LogP contribution in [-0.4, -0.2) is 12.1 Å². The van der Waals surface area contributed by atoms with Crippen molar-refractivity contribution < 1.29 is 4.39 Å². The maximum absolute atomic E-state index is 13.2. The second-order valence-electron chi connectivity index (χ2n) is 4.41. The highest BCUT2D eigenvalue weighted by Gasteiger charge is 2.44. The Hall–Kier alpha value is -1.25. The monoisotopic (exact) mass is 192 g/mol. The number of hydrogen-bond acceptors (Lipinski definition) is 2. The van der Waals surface area contributed by atoms with Gasteiger partial charge in [0.15, 0.2) is 0 Å². The minimum atomic E-state index is -0.134. The molecule has 0 unspecified atom stereocenters. The normalized spacial score (nSPS) is 21.0. The molecular formula is C11H13FN2. The van der Waals surface area contributed by atoms with E-state index in [0.717, 1.165) is 17.9 Å². The summed E-state index contributed by atoms with van der Waals surface area (Å²) in [5.74, 6) is -0.134. The quantitative estimate of drug-likeness (QED) is 0.660. The predicted octanol–water partition coefficient (Wildman–Crippen LogP) is 2.50. The Morgan fingerprint density at radius 1 is 1.29 bits per heavy atom. The first-order chi connectivity index (χ1) is 6.69. The van der Waals surface area contributed by atoms with E-state index in [1.54, 1.807) is 13.0 Å². The molecule has 1 fully saturated rings. The summed E-state index contributed by atoms with van der Waals surface area (Å²) in [6, 6.07) is 3.46. The molecule has 0 atom stereocenters. The van der Waals surface area contributed by atoms with E-state index >= 15 is 0 Å². The number of hydrogen-bond donors (Lipinski definition) is 2. The number of benzene rings is 1. The average molecular weight is 192 g/mol. The van der Waals surface area contributed by atoms with Gasteiger partial charge in [0.05, 0.1) is 16.9 Å². The highest BCUT2D eigenvalue weighted by molar-refractivity contribution is 5.74. The molecule has 1 heterocycles. The fraction of sp³-hybridized carbons (Fsp3) is 0.455. The van der Waals surface area contributed by atoms with Crippen LogP contribution in [0.1, 0.15) is 18.4 Å². The van der Waals surface area contributed by atoms with Crippen LogP contribution in [0.25, 0.3) is 0 Å². The zero-order valence-corrected chi connectivity index (χ0v) is 8.15. The minimum absolute atomic E-state index is 0.134. The van der Waals surface area contributed by atoms with Crippen molar-refractivity contribution in [3.05, 3.63) is 23.5 Å². The van der Waals surface area contributed by atoms with Crippen molar-refractivity contribution in [3.8, 4) is 0 Å². The van der Waals surface area contributed by atoms with E-state index < -0.39 is 0 Å². The highest BCUT2D eigenvalue weighted by atomic mass is 19.1. The van der Waals surface area contributed by atoms with Gasteiger partial charge < -0.3 is 10.6 Å². The van der Waals surface area contributed by atoms with Crippen LogP contribution in [-0.2, 0) is 0 Å². The second kappa shape index (κ2) is 2.41. The molecule has 1 aliphatic carbocycles. The molecule has 1 saturated carbocycles. The van der Waals surface area contributed by atoms with Crippen LogP contribution >= 0.6 is 0 Å². The third kappa shape index (κ3) is 1.08. The summed E-state index contributed by atoms with van der Waals surface area (Å²) in [6.07, 6.45) is 2.44. The summed E-state index contributed by atoms with van der Waals surface area (Å²) < 4.78 is 13.2. The molecule has 0 aromatic heterocycles. The molecule has 14 heavy (non-hydrogen) atoms. The number of anilines is 2. The van der Waals surface area contributed by atoms with Gasteiger partial charge >= 0.3 is 0 Å². The zero-order chi connectivity index (χ0) is 9.76. The topological polar surface area (TPSA) is 24.1 Å². The van der Waals surface area contributed by atoms with Gasteiger partial charge in [0.25, 0.3) is 0 Å². The van der Waals surface area contributed by atoms with Crippen molar-refractivity contribution in [2.24, 2.45) is 0 Å². The van der Waals surface area contributed by atoms with E-state index in [2.05, 4.69) is 10.6 Å². The third-order valence-corrected chi connectivity index (χ3v) is 3.17. The third-order valence-electron chi connectivity index (χ3n) is 3.17. The van der Waals surface area contributed by atoms with Crippen molar-refractivity contribution in [2.75, 3.05) is 17.2 Å². The Bertz CT molecular complexity index is 397. The fourth-order valence-electron chi connectivity index (χ4n) is 1.98. The van der Waals surface area contributed by atoms with E-state index in [9.17, 15) is 4.39 Å². The molecule has 0 amide bonds. The lowest BCUT2D eigenvalue weighted by Gasteiger charge is -2.28. The molecule has 2 aliphatic rings. The van der Waals surface area contributed by atoms with Gasteiger partial charge in [-0.1, -0.05) is 0 Å². The average Bonchev–Trinajstić information content (AvgIpc) is 2.89. The Morgan fingerprint density at radius 2 is 2.07 bits per heavy atom. The SMILES string of the molecule is Cc1cc2c(cc1F)NCC1(CC1)N2. The van der Waals surface area contributed by atoms with E-state index in [1.165, 1.54) is 12.8 Å². The number of rotatable bonds is 0. The Morgan fingerprint density at radius 3 is 2.79 bits per heavy atom. The molecule has 74 valence electrons. The van der Waals surface area contributed by atoms with Gasteiger partial charge in [-0.25, -0.2) is 4.39 Å². The van der Waals surface area contributed by atoms with Crippen LogP contribution in [0.3, 0.4) is 0 Å². The van der Waals surface area contributed by atoms with Gasteiger partial charge in [0.1, 0.15) is 5.82 Å². The summed E-state index contributed by atoms with van der Waals surface area (Å²) >= 11 is 0. The first-order valence-electron chi connectivity index (χ1n) is 5.01. The van der Waals surface area contributed by atoms with E-state index in [1.807, 2.05) is 6.07 Å². The molecule has 2 N–H and O–H groups in total. The molecule has 0 bridgehead atoms. The summed E-state index contributed by atoms with van der Waals surface area (Å²) in [5, 5.41) is 6.77. The number of nitrogens with one attached hydrogen (secondary N) is 2. The lowest BCUT2D eigenvalue weighted by atomic mass is 10.1. The maximum atomic E-state index is 13.2. The van der Waals surface area contributed by atoms with Gasteiger partial charge in [-0.05, 0) is 37.5 Å². The van der Waals surface area contributed by atoms with E-state index in [0.29, 0.717) is 5.56 Å². The van der Waals surface area contributed by atoms with Gasteiger partial charge in [0, 0.05) is 6.54 Å². The van der Waals surface area contributed by atoms with Crippen LogP contribution in [0.4, 0.5) is 15.8 Å².